The van der Waals surface area contributed by atoms with Crippen LogP contribution in [0.1, 0.15) is 11.1 Å². The number of nitrogens with one attached hydrogen (secondary N) is 2. The average Bonchev–Trinajstić information content (AvgIpc) is 2.95. The van der Waals surface area contributed by atoms with Gasteiger partial charge in [0.15, 0.2) is 5.65 Å². The first kappa shape index (κ1) is 28.0. The summed E-state index contributed by atoms with van der Waals surface area (Å²) in [4.78, 5) is 22.0. The van der Waals surface area contributed by atoms with E-state index < -0.39 is 34.8 Å². The number of aromatic nitrogens is 3. The summed E-state index contributed by atoms with van der Waals surface area (Å²) in [5, 5.41) is 17.1. The van der Waals surface area contributed by atoms with E-state index in [1.165, 1.54) is 35.9 Å². The molecule has 0 amide bonds. The second-order valence-electron chi connectivity index (χ2n) is 9.64. The zero-order valence-electron chi connectivity index (χ0n) is 22.2. The number of nitrogens with zero attached hydrogens (tertiary/aromatic N) is 3. The van der Waals surface area contributed by atoms with E-state index in [0.717, 1.165) is 23.1 Å². The van der Waals surface area contributed by atoms with Gasteiger partial charge in [-0.3, -0.25) is 9.36 Å². The summed E-state index contributed by atoms with van der Waals surface area (Å²) in [6, 6.07) is 20.1. The third-order valence-corrected chi connectivity index (χ3v) is 6.66. The number of fused-ring (bicyclic) bond motifs is 1. The topological polar surface area (TPSA) is 92.1 Å². The molecule has 1 unspecified atom stereocenters. The second kappa shape index (κ2) is 12.3. The van der Waals surface area contributed by atoms with Crippen molar-refractivity contribution in [3.63, 3.8) is 0 Å². The molecule has 0 aliphatic heterocycles. The maximum absolute atomic E-state index is 14.8. The maximum Gasteiger partial charge on any atom is 0.256 e. The van der Waals surface area contributed by atoms with E-state index in [1.54, 1.807) is 13.0 Å². The maximum atomic E-state index is 14.8. The Bertz CT molecular complexity index is 1720. The molecule has 1 atom stereocenters. The molecule has 7 nitrogen and oxygen atoms in total. The third-order valence-electron chi connectivity index (χ3n) is 6.66. The van der Waals surface area contributed by atoms with E-state index in [4.69, 9.17) is 0 Å². The van der Waals surface area contributed by atoms with Crippen LogP contribution < -0.4 is 16.2 Å². The summed E-state index contributed by atoms with van der Waals surface area (Å²) < 4.78 is 44.5. The summed E-state index contributed by atoms with van der Waals surface area (Å²) in [7, 11) is 0. The van der Waals surface area contributed by atoms with Crippen molar-refractivity contribution in [3.8, 4) is 16.9 Å². The fraction of sp³-hybridized carbons (Fsp3) is 0.194. The molecule has 3 aromatic carbocycles. The molecule has 5 rings (SSSR count). The third kappa shape index (κ3) is 6.29. The highest BCUT2D eigenvalue weighted by molar-refractivity contribution is 5.93. The molecule has 0 bridgehead atoms. The number of pyridine rings is 1. The van der Waals surface area contributed by atoms with Crippen LogP contribution in [0, 0.1) is 24.4 Å². The van der Waals surface area contributed by atoms with Crippen molar-refractivity contribution >= 4 is 17.0 Å². The highest BCUT2D eigenvalue weighted by Gasteiger charge is 2.20. The highest BCUT2D eigenvalue weighted by Crippen LogP contribution is 2.31. The lowest BCUT2D eigenvalue weighted by Crippen LogP contribution is -2.33. The number of hydrogen-bond donors (Lipinski definition) is 3. The van der Waals surface area contributed by atoms with Gasteiger partial charge in [0, 0.05) is 30.1 Å². The largest absolute Gasteiger partial charge is 0.390 e. The first-order valence-corrected chi connectivity index (χ1v) is 13.1. The summed E-state index contributed by atoms with van der Waals surface area (Å²) in [6.45, 7) is 2.72. The molecule has 41 heavy (non-hydrogen) atoms. The van der Waals surface area contributed by atoms with E-state index in [1.807, 2.05) is 30.3 Å². The minimum absolute atomic E-state index is 0.0238. The van der Waals surface area contributed by atoms with Gasteiger partial charge < -0.3 is 15.7 Å². The Morgan fingerprint density at radius 3 is 2.39 bits per heavy atom. The van der Waals surface area contributed by atoms with Gasteiger partial charge in [0.1, 0.15) is 23.1 Å². The Hall–Kier alpha value is -4.54. The van der Waals surface area contributed by atoms with E-state index in [2.05, 4.69) is 20.6 Å². The summed E-state index contributed by atoms with van der Waals surface area (Å²) in [5.74, 6) is -2.29. The second-order valence-corrected chi connectivity index (χ2v) is 9.64. The lowest BCUT2D eigenvalue weighted by Gasteiger charge is -2.17. The van der Waals surface area contributed by atoms with Crippen LogP contribution in [0.3, 0.4) is 0 Å². The SMILES string of the molecule is Cc1cc(F)ccc1-c1nc(NCC(O)CNCCc2ccccc2)nc2c1ccc(=O)n2-c1c(F)cccc1F. The number of hydrogen-bond acceptors (Lipinski definition) is 6. The van der Waals surface area contributed by atoms with E-state index in [9.17, 15) is 23.1 Å². The minimum Gasteiger partial charge on any atom is -0.390 e. The highest BCUT2D eigenvalue weighted by atomic mass is 19.1. The molecule has 0 aliphatic carbocycles. The molecule has 5 aromatic rings. The van der Waals surface area contributed by atoms with Crippen LogP contribution in [0.25, 0.3) is 28.0 Å². The number of anilines is 1. The number of para-hydroxylation sites is 1. The van der Waals surface area contributed by atoms with Gasteiger partial charge in [-0.1, -0.05) is 36.4 Å². The lowest BCUT2D eigenvalue weighted by atomic mass is 10.0. The van der Waals surface area contributed by atoms with Crippen LogP contribution in [0.5, 0.6) is 0 Å². The number of benzene rings is 3. The van der Waals surface area contributed by atoms with Gasteiger partial charge in [-0.25, -0.2) is 18.2 Å². The zero-order valence-corrected chi connectivity index (χ0v) is 22.2. The van der Waals surface area contributed by atoms with Gasteiger partial charge in [-0.15, -0.1) is 0 Å². The molecule has 0 saturated heterocycles. The lowest BCUT2D eigenvalue weighted by molar-refractivity contribution is 0.184. The van der Waals surface area contributed by atoms with Crippen LogP contribution in [-0.4, -0.2) is 45.4 Å². The fourth-order valence-corrected chi connectivity index (χ4v) is 4.64. The quantitative estimate of drug-likeness (QED) is 0.214. The van der Waals surface area contributed by atoms with Crippen molar-refractivity contribution in [2.45, 2.75) is 19.4 Å². The van der Waals surface area contributed by atoms with Gasteiger partial charge in [-0.05, 0) is 67.4 Å². The molecule has 0 radical (unpaired) electrons. The molecular formula is C31H28F3N5O2. The van der Waals surface area contributed by atoms with Crippen molar-refractivity contribution in [2.24, 2.45) is 0 Å². The predicted octanol–water partition coefficient (Wildman–Crippen LogP) is 4.78. The molecule has 0 saturated carbocycles. The predicted molar refractivity (Wildman–Crippen MR) is 153 cm³/mol. The zero-order chi connectivity index (χ0) is 28.9. The molecule has 2 heterocycles. The summed E-state index contributed by atoms with van der Waals surface area (Å²) >= 11 is 0. The molecule has 0 aliphatic rings. The molecule has 3 N–H and O–H groups in total. The van der Waals surface area contributed by atoms with Gasteiger partial charge in [0.2, 0.25) is 5.95 Å². The molecule has 0 fully saturated rings. The van der Waals surface area contributed by atoms with Crippen molar-refractivity contribution in [1.82, 2.24) is 19.9 Å². The number of aliphatic hydroxyl groups excluding tert-OH is 1. The Balaban J connectivity index is 1.48. The smallest absolute Gasteiger partial charge is 0.256 e. The first-order valence-electron chi connectivity index (χ1n) is 13.1. The molecule has 210 valence electrons. The number of aliphatic hydroxyl groups is 1. The molecular weight excluding hydrogens is 531 g/mol. The Morgan fingerprint density at radius 2 is 1.66 bits per heavy atom. The Kier molecular flexibility index (Phi) is 8.42. The van der Waals surface area contributed by atoms with Crippen LogP contribution >= 0.6 is 0 Å². The van der Waals surface area contributed by atoms with Crippen molar-refractivity contribution in [2.75, 3.05) is 25.0 Å². The Morgan fingerprint density at radius 1 is 0.902 bits per heavy atom. The average molecular weight is 560 g/mol. The molecule has 10 heteroatoms. The monoisotopic (exact) mass is 559 g/mol. The fourth-order valence-electron chi connectivity index (χ4n) is 4.64. The van der Waals surface area contributed by atoms with Crippen LogP contribution in [0.15, 0.2) is 83.7 Å². The first-order chi connectivity index (χ1) is 19.8. The van der Waals surface area contributed by atoms with Gasteiger partial charge in [0.25, 0.3) is 5.56 Å². The van der Waals surface area contributed by atoms with Crippen molar-refractivity contribution in [3.05, 3.63) is 118 Å². The molecule has 2 aromatic heterocycles. The van der Waals surface area contributed by atoms with Crippen LogP contribution in [0.2, 0.25) is 0 Å². The minimum atomic E-state index is -0.941. The van der Waals surface area contributed by atoms with Crippen molar-refractivity contribution in [1.29, 1.82) is 0 Å². The van der Waals surface area contributed by atoms with Gasteiger partial charge in [0.05, 0.1) is 11.8 Å². The van der Waals surface area contributed by atoms with Gasteiger partial charge in [-0.2, -0.15) is 4.98 Å². The van der Waals surface area contributed by atoms with E-state index in [0.29, 0.717) is 35.3 Å². The number of aryl methyl sites for hydroxylation is 1. The Labute approximate surface area is 234 Å². The number of rotatable bonds is 10. The van der Waals surface area contributed by atoms with E-state index >= 15 is 0 Å². The van der Waals surface area contributed by atoms with Crippen molar-refractivity contribution < 1.29 is 18.3 Å². The van der Waals surface area contributed by atoms with Gasteiger partial charge >= 0.3 is 0 Å². The van der Waals surface area contributed by atoms with E-state index in [-0.39, 0.29) is 18.1 Å². The van der Waals surface area contributed by atoms with Crippen LogP contribution in [-0.2, 0) is 6.42 Å². The summed E-state index contributed by atoms with van der Waals surface area (Å²) in [6.07, 6.45) is -0.0118. The normalized spacial score (nSPS) is 12.0. The number of halogens is 3. The summed E-state index contributed by atoms with van der Waals surface area (Å²) in [5.41, 5.74) is 1.30. The van der Waals surface area contributed by atoms with Crippen LogP contribution in [0.4, 0.5) is 19.1 Å². The standard InChI is InChI=1S/C31H28F3N5O2/c1-19-16-21(32)10-11-23(19)28-24-12-13-27(41)39(29-25(33)8-5-9-26(29)34)30(24)38-31(37-28)36-18-22(40)17-35-15-14-20-6-3-2-4-7-20/h2-13,16,22,35,40H,14-15,17-18H2,1H3,(H,36,37,38). The molecule has 0 spiro atoms.